The van der Waals surface area contributed by atoms with Crippen LogP contribution in [0.2, 0.25) is 13.1 Å². The van der Waals surface area contributed by atoms with E-state index in [-0.39, 0.29) is 0 Å². The molecule has 2 aromatic rings. The van der Waals surface area contributed by atoms with E-state index in [1.165, 1.54) is 22.3 Å². The molecule has 4 rings (SSSR count). The second-order valence-electron chi connectivity index (χ2n) is 12.1. The van der Waals surface area contributed by atoms with Crippen molar-refractivity contribution in [3.63, 3.8) is 0 Å². The predicted octanol–water partition coefficient (Wildman–Crippen LogP) is 11.2. The summed E-state index contributed by atoms with van der Waals surface area (Å²) in [4.78, 5) is 0. The van der Waals surface area contributed by atoms with Gasteiger partial charge in [0.05, 0.1) is 0 Å². The zero-order chi connectivity index (χ0) is 26.8. The average molecular weight is 708 g/mol. The van der Waals surface area contributed by atoms with Crippen LogP contribution >= 0.6 is 24.4 Å². The summed E-state index contributed by atoms with van der Waals surface area (Å²) in [6, 6.07) is 9.70. The fraction of sp³-hybridized carbons (Fsp3) is 0.500. The second kappa shape index (κ2) is 10.2. The summed E-state index contributed by atoms with van der Waals surface area (Å²) in [6.07, 6.45) is 7.31. The van der Waals surface area contributed by atoms with Gasteiger partial charge in [-0.05, 0) is 0 Å². The van der Waals surface area contributed by atoms with Crippen LogP contribution in [0.5, 0.6) is 0 Å². The summed E-state index contributed by atoms with van der Waals surface area (Å²) in [6.45, 7) is 24.1. The normalized spacial score (nSPS) is 19.5. The maximum absolute atomic E-state index is 4.87. The van der Waals surface area contributed by atoms with Crippen molar-refractivity contribution in [1.82, 2.24) is 0 Å². The molecule has 0 radical (unpaired) electrons. The molecule has 0 heterocycles. The van der Waals surface area contributed by atoms with Gasteiger partial charge in [0.15, 0.2) is 0 Å². The molecule has 194 valence electrons. The van der Waals surface area contributed by atoms with E-state index in [0.717, 1.165) is 12.8 Å². The molecular weight excluding hydrogens is 663 g/mol. The van der Waals surface area contributed by atoms with Gasteiger partial charge >= 0.3 is 235 Å². The number of allylic oxidation sites excluding steroid dienone is 2. The molecule has 0 bridgehead atoms. The number of fused-ring (bicyclic) bond motifs is 2. The first-order chi connectivity index (χ1) is 16.8. The van der Waals surface area contributed by atoms with E-state index >= 15 is 0 Å². The van der Waals surface area contributed by atoms with Crippen molar-refractivity contribution in [2.24, 2.45) is 0 Å². The van der Waals surface area contributed by atoms with Crippen LogP contribution in [0.4, 0.5) is 0 Å². The molecule has 0 saturated carbocycles. The van der Waals surface area contributed by atoms with Crippen molar-refractivity contribution < 1.29 is 12.7 Å². The molecule has 0 aromatic heterocycles. The minimum atomic E-state index is -3.97. The van der Waals surface area contributed by atoms with E-state index in [1.807, 2.05) is 0 Å². The number of hydrogen-bond acceptors (Lipinski definition) is 0. The SMILES string of the molecule is CCc1ccc(C(C)C)c2c1[CH]([Zr]([Br])([Br])([CH]1C(C)=Cc3c(C(C)C)ccc(CC)c31)=[Si](C)C)C(C)=C2. The molecule has 0 saturated heterocycles. The van der Waals surface area contributed by atoms with Crippen molar-refractivity contribution >= 4 is 42.0 Å². The van der Waals surface area contributed by atoms with Gasteiger partial charge in [0.1, 0.15) is 0 Å². The summed E-state index contributed by atoms with van der Waals surface area (Å²) >= 11 is 5.77. The van der Waals surface area contributed by atoms with Gasteiger partial charge in [-0.25, -0.2) is 0 Å². The van der Waals surface area contributed by atoms with Gasteiger partial charge in [0.2, 0.25) is 0 Å². The van der Waals surface area contributed by atoms with Crippen molar-refractivity contribution in [1.29, 1.82) is 0 Å². The summed E-state index contributed by atoms with van der Waals surface area (Å²) in [5.74, 6) is 1.06. The molecule has 0 nitrogen and oxygen atoms in total. The Kier molecular flexibility index (Phi) is 8.20. The number of aryl methyl sites for hydroxylation is 2. The van der Waals surface area contributed by atoms with E-state index < -0.39 is 18.1 Å². The molecule has 2 aliphatic carbocycles. The van der Waals surface area contributed by atoms with Crippen LogP contribution in [0.15, 0.2) is 35.4 Å². The fourth-order valence-corrected chi connectivity index (χ4v) is 44.9. The Morgan fingerprint density at radius 3 is 1.36 bits per heavy atom. The Bertz CT molecular complexity index is 1270. The fourth-order valence-electron chi connectivity index (χ4n) is 7.21. The molecule has 0 N–H and O–H groups in total. The summed E-state index contributed by atoms with van der Waals surface area (Å²) in [7, 11) is 0. The van der Waals surface area contributed by atoms with E-state index in [9.17, 15) is 0 Å². The Balaban J connectivity index is 2.12. The molecular formula is C32H44Br2SiZr. The van der Waals surface area contributed by atoms with E-state index in [0.29, 0.717) is 19.1 Å². The van der Waals surface area contributed by atoms with Crippen LogP contribution in [-0.2, 0) is 25.5 Å². The van der Waals surface area contributed by atoms with Gasteiger partial charge in [0, 0.05) is 0 Å². The summed E-state index contributed by atoms with van der Waals surface area (Å²) in [5.41, 5.74) is 14.9. The third kappa shape index (κ3) is 4.18. The van der Waals surface area contributed by atoms with Crippen LogP contribution in [0.3, 0.4) is 0 Å². The number of halogens is 2. The van der Waals surface area contributed by atoms with Gasteiger partial charge in [-0.15, -0.1) is 0 Å². The Morgan fingerprint density at radius 1 is 0.722 bits per heavy atom. The standard InChI is InChI=1S/2C15H19.C2H6Si.2BrH.Zr/c2*1-5-12-6-7-13(10(2)3)15-9-11(4)8-14(12)15;1-3-2;;;/h2*6-10H,5H2,1-4H3;1-2H3;2*1H;/q;;;;;+2/p-2. The van der Waals surface area contributed by atoms with Crippen LogP contribution in [0.25, 0.3) is 12.2 Å². The van der Waals surface area contributed by atoms with Crippen LogP contribution in [0, 0.1) is 0 Å². The molecule has 2 aromatic carbocycles. The van der Waals surface area contributed by atoms with E-state index in [4.69, 9.17) is 24.4 Å². The van der Waals surface area contributed by atoms with Crippen molar-refractivity contribution in [2.45, 2.75) is 100 Å². The molecule has 36 heavy (non-hydrogen) atoms. The zero-order valence-electron chi connectivity index (χ0n) is 23.9. The second-order valence-corrected chi connectivity index (χ2v) is 71.5. The predicted molar refractivity (Wildman–Crippen MR) is 168 cm³/mol. The first kappa shape index (κ1) is 29.0. The van der Waals surface area contributed by atoms with E-state index in [1.54, 1.807) is 33.4 Å². The van der Waals surface area contributed by atoms with Crippen LogP contribution in [0.1, 0.15) is 119 Å². The molecule has 0 aliphatic heterocycles. The Labute approximate surface area is 233 Å². The van der Waals surface area contributed by atoms with Gasteiger partial charge in [0.25, 0.3) is 0 Å². The number of hydrogen-bond donors (Lipinski definition) is 0. The maximum atomic E-state index is 4.87. The molecule has 0 fully saturated rings. The molecule has 2 atom stereocenters. The zero-order valence-corrected chi connectivity index (χ0v) is 30.6. The summed E-state index contributed by atoms with van der Waals surface area (Å²) in [5, 5.41) is 0. The van der Waals surface area contributed by atoms with Gasteiger partial charge in [-0.3, -0.25) is 0 Å². The van der Waals surface area contributed by atoms with Gasteiger partial charge in [-0.1, -0.05) is 0 Å². The average Bonchev–Trinajstić information content (AvgIpc) is 3.34. The molecule has 4 heteroatoms. The van der Waals surface area contributed by atoms with Crippen LogP contribution < -0.4 is 0 Å². The Morgan fingerprint density at radius 2 is 1.08 bits per heavy atom. The molecule has 0 amide bonds. The Hall–Kier alpha value is -0.0200. The number of rotatable bonds is 6. The van der Waals surface area contributed by atoms with Crippen molar-refractivity contribution in [2.75, 3.05) is 0 Å². The third-order valence-corrected chi connectivity index (χ3v) is 76.3. The number of benzene rings is 2. The first-order valence-corrected chi connectivity index (χ1v) is 34.1. The minimum absolute atomic E-state index is 0.477. The van der Waals surface area contributed by atoms with E-state index in [2.05, 4.69) is 105 Å². The molecule has 2 unspecified atom stereocenters. The van der Waals surface area contributed by atoms with Crippen LogP contribution in [-0.4, -0.2) is 5.43 Å². The van der Waals surface area contributed by atoms with Gasteiger partial charge < -0.3 is 0 Å². The topological polar surface area (TPSA) is 0 Å². The third-order valence-electron chi connectivity index (χ3n) is 9.07. The van der Waals surface area contributed by atoms with Gasteiger partial charge in [-0.2, -0.15) is 0 Å². The summed E-state index contributed by atoms with van der Waals surface area (Å²) < 4.78 is 0.955. The van der Waals surface area contributed by atoms with Crippen molar-refractivity contribution in [3.8, 4) is 0 Å². The molecule has 0 spiro atoms. The van der Waals surface area contributed by atoms with Crippen molar-refractivity contribution in [3.05, 3.63) is 79.9 Å². The first-order valence-electron chi connectivity index (χ1n) is 13.8. The molecule has 2 aliphatic rings. The monoisotopic (exact) mass is 704 g/mol. The quantitative estimate of drug-likeness (QED) is 0.262.